The molecular formula is C14H14NO-. The van der Waals surface area contributed by atoms with Crippen molar-refractivity contribution in [3.05, 3.63) is 59.4 Å². The molecule has 0 fully saturated rings. The van der Waals surface area contributed by atoms with Crippen molar-refractivity contribution in [2.24, 2.45) is 0 Å². The lowest BCUT2D eigenvalue weighted by Crippen LogP contribution is -1.88. The minimum Gasteiger partial charge on any atom is -0.661 e. The quantitative estimate of drug-likeness (QED) is 0.829. The zero-order valence-electron chi connectivity index (χ0n) is 9.22. The van der Waals surface area contributed by atoms with Crippen LogP contribution in [0, 0.1) is 0 Å². The Kier molecular flexibility index (Phi) is 3.22. The van der Waals surface area contributed by atoms with Gasteiger partial charge in [0, 0.05) is 0 Å². The molecule has 0 amide bonds. The van der Waals surface area contributed by atoms with E-state index in [0.717, 1.165) is 12.1 Å². The monoisotopic (exact) mass is 212 g/mol. The summed E-state index contributed by atoms with van der Waals surface area (Å²) in [6.07, 6.45) is 0. The van der Waals surface area contributed by atoms with E-state index in [1.165, 1.54) is 11.1 Å². The number of hydrogen-bond donors (Lipinski definition) is 1. The minimum absolute atomic E-state index is 0.293. The second-order valence-electron chi connectivity index (χ2n) is 3.68. The summed E-state index contributed by atoms with van der Waals surface area (Å²) in [5, 5.41) is 13.4. The molecule has 1 N–H and O–H groups in total. The van der Waals surface area contributed by atoms with Gasteiger partial charge in [0.25, 0.3) is 0 Å². The van der Waals surface area contributed by atoms with Crippen LogP contribution < -0.4 is 0 Å². The molecule has 0 unspecified atom stereocenters. The van der Waals surface area contributed by atoms with Crippen LogP contribution in [0.2, 0.25) is 0 Å². The lowest BCUT2D eigenvalue weighted by atomic mass is 10.00. The standard InChI is InChI=1S/C14H14NO/c1-15-10-12-4-2-3-5-14(12)11-6-8-13(16)9-7-11/h2-9,16H,10H2,1H3/q-1. The number of phenols is 1. The molecular weight excluding hydrogens is 198 g/mol. The maximum atomic E-state index is 9.26. The van der Waals surface area contributed by atoms with E-state index in [9.17, 15) is 5.11 Å². The first kappa shape index (κ1) is 10.7. The lowest BCUT2D eigenvalue weighted by Gasteiger charge is -2.16. The van der Waals surface area contributed by atoms with Crippen molar-refractivity contribution >= 4 is 0 Å². The highest BCUT2D eigenvalue weighted by molar-refractivity contribution is 5.68. The van der Waals surface area contributed by atoms with Crippen molar-refractivity contribution in [3.63, 3.8) is 0 Å². The van der Waals surface area contributed by atoms with E-state index < -0.39 is 0 Å². The van der Waals surface area contributed by atoms with Crippen LogP contribution in [0.4, 0.5) is 0 Å². The number of phenolic OH excluding ortho intramolecular Hbond substituents is 1. The van der Waals surface area contributed by atoms with E-state index >= 15 is 0 Å². The summed E-state index contributed by atoms with van der Waals surface area (Å²) in [4.78, 5) is 0. The van der Waals surface area contributed by atoms with Gasteiger partial charge < -0.3 is 10.4 Å². The van der Waals surface area contributed by atoms with Gasteiger partial charge in [-0.2, -0.15) is 7.05 Å². The van der Waals surface area contributed by atoms with Gasteiger partial charge in [-0.1, -0.05) is 42.0 Å². The summed E-state index contributed by atoms with van der Waals surface area (Å²) in [6.45, 7) is 0.719. The van der Waals surface area contributed by atoms with Gasteiger partial charge >= 0.3 is 0 Å². The minimum atomic E-state index is 0.293. The van der Waals surface area contributed by atoms with Gasteiger partial charge in [0.2, 0.25) is 0 Å². The Hall–Kier alpha value is -1.80. The summed E-state index contributed by atoms with van der Waals surface area (Å²) >= 11 is 0. The first-order chi connectivity index (χ1) is 7.81. The van der Waals surface area contributed by atoms with Crippen molar-refractivity contribution < 1.29 is 5.11 Å². The normalized spacial score (nSPS) is 10.3. The molecule has 0 aliphatic carbocycles. The number of aromatic hydroxyl groups is 1. The molecule has 0 aliphatic rings. The Morgan fingerprint density at radius 3 is 2.38 bits per heavy atom. The van der Waals surface area contributed by atoms with E-state index in [2.05, 4.69) is 17.4 Å². The fourth-order valence-electron chi connectivity index (χ4n) is 1.75. The molecule has 0 heterocycles. The number of benzene rings is 2. The number of rotatable bonds is 3. The molecule has 16 heavy (non-hydrogen) atoms. The van der Waals surface area contributed by atoms with Gasteiger partial charge in [-0.25, -0.2) is 0 Å². The third-order valence-corrected chi connectivity index (χ3v) is 2.52. The molecule has 82 valence electrons. The van der Waals surface area contributed by atoms with Crippen LogP contribution in [-0.2, 0) is 6.54 Å². The highest BCUT2D eigenvalue weighted by Crippen LogP contribution is 2.26. The molecule has 2 aromatic carbocycles. The Labute approximate surface area is 95.6 Å². The average molecular weight is 212 g/mol. The first-order valence-electron chi connectivity index (χ1n) is 5.24. The molecule has 2 nitrogen and oxygen atoms in total. The Morgan fingerprint density at radius 1 is 1.00 bits per heavy atom. The zero-order valence-corrected chi connectivity index (χ0v) is 9.22. The largest absolute Gasteiger partial charge is 0.661 e. The second-order valence-corrected chi connectivity index (χ2v) is 3.68. The van der Waals surface area contributed by atoms with Crippen molar-refractivity contribution in [3.8, 4) is 16.9 Å². The molecule has 2 heteroatoms. The van der Waals surface area contributed by atoms with Crippen LogP contribution in [0.5, 0.6) is 5.75 Å². The fourth-order valence-corrected chi connectivity index (χ4v) is 1.75. The Balaban J connectivity index is 2.42. The molecule has 0 aromatic heterocycles. The van der Waals surface area contributed by atoms with E-state index in [-0.39, 0.29) is 0 Å². The lowest BCUT2D eigenvalue weighted by molar-refractivity contribution is 0.475. The van der Waals surface area contributed by atoms with Crippen LogP contribution in [0.15, 0.2) is 48.5 Å². The van der Waals surface area contributed by atoms with Crippen molar-refractivity contribution in [2.75, 3.05) is 7.05 Å². The zero-order chi connectivity index (χ0) is 11.4. The molecule has 2 rings (SSSR count). The molecule has 2 aromatic rings. The Bertz CT molecular complexity index is 462. The predicted octanol–water partition coefficient (Wildman–Crippen LogP) is 3.56. The maximum Gasteiger partial charge on any atom is 0.115 e. The van der Waals surface area contributed by atoms with Gasteiger partial charge in [0.05, 0.1) is 0 Å². The van der Waals surface area contributed by atoms with Crippen LogP contribution >= 0.6 is 0 Å². The van der Waals surface area contributed by atoms with Gasteiger partial charge in [-0.3, -0.25) is 0 Å². The van der Waals surface area contributed by atoms with E-state index in [0.29, 0.717) is 5.75 Å². The van der Waals surface area contributed by atoms with Crippen LogP contribution in [0.25, 0.3) is 16.4 Å². The summed E-state index contributed by atoms with van der Waals surface area (Å²) in [6, 6.07) is 15.4. The molecule has 0 bridgehead atoms. The Morgan fingerprint density at radius 2 is 1.69 bits per heavy atom. The fraction of sp³-hybridized carbons (Fsp3) is 0.143. The summed E-state index contributed by atoms with van der Waals surface area (Å²) in [5.41, 5.74) is 3.49. The van der Waals surface area contributed by atoms with Gasteiger partial charge in [0.15, 0.2) is 0 Å². The second kappa shape index (κ2) is 4.81. The van der Waals surface area contributed by atoms with Crippen LogP contribution in [-0.4, -0.2) is 12.2 Å². The van der Waals surface area contributed by atoms with Crippen molar-refractivity contribution in [2.45, 2.75) is 6.54 Å². The maximum absolute atomic E-state index is 9.26. The van der Waals surface area contributed by atoms with Gasteiger partial charge in [0.1, 0.15) is 5.75 Å². The SMILES string of the molecule is C[N-]Cc1ccccc1-c1ccc(O)cc1. The molecule has 0 radical (unpaired) electrons. The predicted molar refractivity (Wildman–Crippen MR) is 66.5 cm³/mol. The van der Waals surface area contributed by atoms with E-state index in [1.54, 1.807) is 12.1 Å². The summed E-state index contributed by atoms with van der Waals surface area (Å²) in [5.74, 6) is 0.293. The molecule has 0 saturated carbocycles. The van der Waals surface area contributed by atoms with Crippen molar-refractivity contribution in [1.29, 1.82) is 0 Å². The van der Waals surface area contributed by atoms with Gasteiger partial charge in [-0.05, 0) is 23.3 Å². The van der Waals surface area contributed by atoms with Crippen LogP contribution in [0.1, 0.15) is 5.56 Å². The topological polar surface area (TPSA) is 34.3 Å². The third kappa shape index (κ3) is 2.23. The van der Waals surface area contributed by atoms with E-state index in [4.69, 9.17) is 0 Å². The smallest absolute Gasteiger partial charge is 0.115 e. The third-order valence-electron chi connectivity index (χ3n) is 2.52. The summed E-state index contributed by atoms with van der Waals surface area (Å²) < 4.78 is 0. The number of nitrogens with zero attached hydrogens (tertiary/aromatic N) is 1. The number of hydrogen-bond acceptors (Lipinski definition) is 1. The molecule has 0 saturated heterocycles. The molecule has 0 spiro atoms. The highest BCUT2D eigenvalue weighted by Gasteiger charge is 2.00. The molecule has 0 aliphatic heterocycles. The molecule has 0 atom stereocenters. The van der Waals surface area contributed by atoms with Crippen molar-refractivity contribution in [1.82, 2.24) is 0 Å². The van der Waals surface area contributed by atoms with Gasteiger partial charge in [-0.15, -0.1) is 6.54 Å². The summed E-state index contributed by atoms with van der Waals surface area (Å²) in [7, 11) is 1.81. The average Bonchev–Trinajstić information content (AvgIpc) is 2.32. The first-order valence-corrected chi connectivity index (χ1v) is 5.24. The van der Waals surface area contributed by atoms with E-state index in [1.807, 2.05) is 31.3 Å². The highest BCUT2D eigenvalue weighted by atomic mass is 16.3. The van der Waals surface area contributed by atoms with Crippen LogP contribution in [0.3, 0.4) is 0 Å².